The van der Waals surface area contributed by atoms with Gasteiger partial charge < -0.3 is 4.57 Å². The normalized spacial score (nSPS) is 14.6. The summed E-state index contributed by atoms with van der Waals surface area (Å²) in [7, 11) is 0. The van der Waals surface area contributed by atoms with Crippen LogP contribution >= 0.6 is 11.8 Å². The van der Waals surface area contributed by atoms with E-state index < -0.39 is 0 Å². The minimum Gasteiger partial charge on any atom is -0.325 e. The number of nitrogens with zero attached hydrogens (tertiary/aromatic N) is 2. The molecule has 0 spiro atoms. The van der Waals surface area contributed by atoms with E-state index in [1.165, 1.54) is 4.90 Å². The van der Waals surface area contributed by atoms with E-state index in [2.05, 4.69) is 11.9 Å². The van der Waals surface area contributed by atoms with E-state index in [0.29, 0.717) is 11.7 Å². The summed E-state index contributed by atoms with van der Waals surface area (Å²) in [6, 6.07) is 8.32. The number of rotatable bonds is 5. The summed E-state index contributed by atoms with van der Waals surface area (Å²) in [6.07, 6.45) is 5.76. The Labute approximate surface area is 117 Å². The average molecular weight is 272 g/mol. The van der Waals surface area contributed by atoms with Crippen LogP contribution in [0.25, 0.3) is 0 Å². The number of carbonyl (C=O) groups is 1. The predicted octanol–water partition coefficient (Wildman–Crippen LogP) is 3.56. The lowest BCUT2D eigenvalue weighted by molar-refractivity contribution is 0.103. The molecule has 0 saturated heterocycles. The van der Waals surface area contributed by atoms with Crippen molar-refractivity contribution in [3.05, 3.63) is 48.0 Å². The first kappa shape index (κ1) is 12.5. The topological polar surface area (TPSA) is 34.9 Å². The van der Waals surface area contributed by atoms with Crippen molar-refractivity contribution in [1.29, 1.82) is 0 Å². The first-order valence-electron chi connectivity index (χ1n) is 6.59. The number of carbonyl (C=O) groups excluding carboxylic acids is 1. The van der Waals surface area contributed by atoms with E-state index in [1.807, 2.05) is 28.8 Å². The molecular formula is C15H16N2OS. The number of hydrogen-bond donors (Lipinski definition) is 0. The quantitative estimate of drug-likeness (QED) is 0.616. The number of aromatic nitrogens is 2. The van der Waals surface area contributed by atoms with Crippen molar-refractivity contribution in [3.8, 4) is 0 Å². The molecule has 19 heavy (non-hydrogen) atoms. The Kier molecular flexibility index (Phi) is 3.42. The Hall–Kier alpha value is -1.55. The van der Waals surface area contributed by atoms with Crippen LogP contribution in [0.4, 0.5) is 0 Å². The van der Waals surface area contributed by atoms with E-state index in [9.17, 15) is 4.79 Å². The van der Waals surface area contributed by atoms with Crippen LogP contribution in [0.5, 0.6) is 0 Å². The van der Waals surface area contributed by atoms with Crippen molar-refractivity contribution in [2.75, 3.05) is 5.75 Å². The highest BCUT2D eigenvalue weighted by molar-refractivity contribution is 7.99. The van der Waals surface area contributed by atoms with Gasteiger partial charge in [-0.2, -0.15) is 0 Å². The molecule has 1 aromatic carbocycles. The first-order chi connectivity index (χ1) is 9.29. The summed E-state index contributed by atoms with van der Waals surface area (Å²) in [5.41, 5.74) is 1.45. The number of imidazole rings is 1. The molecule has 98 valence electrons. The lowest BCUT2D eigenvalue weighted by Gasteiger charge is -2.06. The maximum atomic E-state index is 12.5. The molecule has 0 N–H and O–H groups in total. The van der Waals surface area contributed by atoms with Gasteiger partial charge in [0.25, 0.3) is 0 Å². The van der Waals surface area contributed by atoms with Gasteiger partial charge in [0.05, 0.1) is 12.5 Å². The maximum absolute atomic E-state index is 12.5. The van der Waals surface area contributed by atoms with Crippen molar-refractivity contribution in [1.82, 2.24) is 9.55 Å². The fraction of sp³-hybridized carbons (Fsp3) is 0.333. The molecule has 1 aliphatic carbocycles. The van der Waals surface area contributed by atoms with E-state index in [1.54, 1.807) is 24.3 Å². The van der Waals surface area contributed by atoms with Crippen LogP contribution in [-0.2, 0) is 0 Å². The van der Waals surface area contributed by atoms with Gasteiger partial charge in [0.1, 0.15) is 5.69 Å². The SMILES string of the molecule is CCSc1ccc(C(=O)c2cncn2C2CC2)cc1. The molecule has 0 radical (unpaired) electrons. The highest BCUT2D eigenvalue weighted by atomic mass is 32.2. The number of benzene rings is 1. The fourth-order valence-electron chi connectivity index (χ4n) is 2.14. The summed E-state index contributed by atoms with van der Waals surface area (Å²) in [5, 5.41) is 0. The summed E-state index contributed by atoms with van der Waals surface area (Å²) in [5.74, 6) is 1.11. The molecule has 1 aliphatic rings. The van der Waals surface area contributed by atoms with Crippen LogP contribution in [0.15, 0.2) is 41.7 Å². The molecule has 3 rings (SSSR count). The number of hydrogen-bond acceptors (Lipinski definition) is 3. The van der Waals surface area contributed by atoms with E-state index in [0.717, 1.165) is 24.2 Å². The summed E-state index contributed by atoms with van der Waals surface area (Å²) >= 11 is 1.78. The summed E-state index contributed by atoms with van der Waals surface area (Å²) in [6.45, 7) is 2.12. The molecule has 0 aliphatic heterocycles. The van der Waals surface area contributed by atoms with Gasteiger partial charge >= 0.3 is 0 Å². The van der Waals surface area contributed by atoms with Crippen molar-refractivity contribution in [2.45, 2.75) is 30.7 Å². The zero-order chi connectivity index (χ0) is 13.2. The lowest BCUT2D eigenvalue weighted by Crippen LogP contribution is -2.08. The molecule has 0 bridgehead atoms. The molecule has 0 amide bonds. The van der Waals surface area contributed by atoms with Crippen LogP contribution in [0.1, 0.15) is 41.9 Å². The third-order valence-corrected chi connectivity index (χ3v) is 4.16. The van der Waals surface area contributed by atoms with Gasteiger partial charge in [-0.3, -0.25) is 4.79 Å². The zero-order valence-corrected chi connectivity index (χ0v) is 11.7. The van der Waals surface area contributed by atoms with Gasteiger partial charge in [-0.05, 0) is 42.9 Å². The summed E-state index contributed by atoms with van der Waals surface area (Å²) < 4.78 is 2.01. The predicted molar refractivity (Wildman–Crippen MR) is 76.8 cm³/mol. The Morgan fingerprint density at radius 3 is 2.74 bits per heavy atom. The molecule has 0 atom stereocenters. The van der Waals surface area contributed by atoms with Gasteiger partial charge in [0.15, 0.2) is 0 Å². The van der Waals surface area contributed by atoms with Crippen molar-refractivity contribution in [3.63, 3.8) is 0 Å². The summed E-state index contributed by atoms with van der Waals surface area (Å²) in [4.78, 5) is 17.8. The van der Waals surface area contributed by atoms with Gasteiger partial charge in [-0.15, -0.1) is 11.8 Å². The van der Waals surface area contributed by atoms with Crippen molar-refractivity contribution in [2.24, 2.45) is 0 Å². The standard InChI is InChI=1S/C15H16N2OS/c1-2-19-13-7-3-11(4-8-13)15(18)14-9-16-10-17(14)12-5-6-12/h3-4,7-10,12H,2,5-6H2,1H3. The second-order valence-corrected chi connectivity index (χ2v) is 6.04. The molecular weight excluding hydrogens is 256 g/mol. The lowest BCUT2D eigenvalue weighted by atomic mass is 10.1. The van der Waals surface area contributed by atoms with Crippen LogP contribution in [0.2, 0.25) is 0 Å². The highest BCUT2D eigenvalue weighted by Gasteiger charge is 2.27. The molecule has 2 aromatic rings. The van der Waals surface area contributed by atoms with Crippen molar-refractivity contribution < 1.29 is 4.79 Å². The van der Waals surface area contributed by atoms with Crippen LogP contribution < -0.4 is 0 Å². The molecule has 3 nitrogen and oxygen atoms in total. The second kappa shape index (κ2) is 5.21. The minimum atomic E-state index is 0.0671. The second-order valence-electron chi connectivity index (χ2n) is 4.70. The minimum absolute atomic E-state index is 0.0671. The largest absolute Gasteiger partial charge is 0.325 e. The maximum Gasteiger partial charge on any atom is 0.211 e. The van der Waals surface area contributed by atoms with Crippen LogP contribution in [0.3, 0.4) is 0 Å². The molecule has 1 saturated carbocycles. The third-order valence-electron chi connectivity index (χ3n) is 3.27. The van der Waals surface area contributed by atoms with E-state index >= 15 is 0 Å². The smallest absolute Gasteiger partial charge is 0.211 e. The molecule has 1 heterocycles. The van der Waals surface area contributed by atoms with Gasteiger partial charge in [0, 0.05) is 16.5 Å². The van der Waals surface area contributed by atoms with Gasteiger partial charge in [0.2, 0.25) is 5.78 Å². The fourth-order valence-corrected chi connectivity index (χ4v) is 2.80. The monoisotopic (exact) mass is 272 g/mol. The Morgan fingerprint density at radius 1 is 1.37 bits per heavy atom. The highest BCUT2D eigenvalue weighted by Crippen LogP contribution is 2.36. The third kappa shape index (κ3) is 2.59. The average Bonchev–Trinajstić information content (AvgIpc) is 3.17. The van der Waals surface area contributed by atoms with E-state index in [4.69, 9.17) is 0 Å². The van der Waals surface area contributed by atoms with Gasteiger partial charge in [-0.1, -0.05) is 6.92 Å². The molecule has 4 heteroatoms. The van der Waals surface area contributed by atoms with E-state index in [-0.39, 0.29) is 5.78 Å². The zero-order valence-electron chi connectivity index (χ0n) is 10.9. The van der Waals surface area contributed by atoms with Crippen molar-refractivity contribution >= 4 is 17.5 Å². The number of thioether (sulfide) groups is 1. The Bertz CT molecular complexity index is 584. The molecule has 1 fully saturated rings. The first-order valence-corrected chi connectivity index (χ1v) is 7.57. The van der Waals surface area contributed by atoms with Gasteiger partial charge in [-0.25, -0.2) is 4.98 Å². The molecule has 1 aromatic heterocycles. The number of ketones is 1. The Balaban J connectivity index is 1.84. The van der Waals surface area contributed by atoms with Crippen LogP contribution in [-0.4, -0.2) is 21.1 Å². The molecule has 0 unspecified atom stereocenters. The van der Waals surface area contributed by atoms with Crippen LogP contribution in [0, 0.1) is 0 Å². The Morgan fingerprint density at radius 2 is 2.11 bits per heavy atom.